The van der Waals surface area contributed by atoms with Crippen molar-refractivity contribution in [2.75, 3.05) is 14.1 Å². The molecule has 1 fully saturated rings. The number of amides is 2. The third-order valence-corrected chi connectivity index (χ3v) is 6.51. The average Bonchev–Trinajstić information content (AvgIpc) is 3.17. The normalized spacial score (nSPS) is 21.4. The highest BCUT2D eigenvalue weighted by atomic mass is 79.9. The fourth-order valence-corrected chi connectivity index (χ4v) is 4.69. The Balaban J connectivity index is 1.66. The van der Waals surface area contributed by atoms with Crippen molar-refractivity contribution in [3.63, 3.8) is 0 Å². The van der Waals surface area contributed by atoms with Gasteiger partial charge < -0.3 is 19.9 Å². The quantitative estimate of drug-likeness (QED) is 0.412. The number of carbonyl (C=O) groups is 2. The lowest BCUT2D eigenvalue weighted by Gasteiger charge is -2.47. The standard InChI is InChI=1S/C22H21BrN4O5/c1-25-18(10-14-12-24-16-7-4-8-17(19(14)16)27(31)32)20(28)26(2)22(30,21(25)29)11-13-5-3-6-15(23)9-13/h3-9,12,18,24,30H,10-11H2,1-2H3/t18-,22+/m0/s1. The van der Waals surface area contributed by atoms with Crippen LogP contribution < -0.4 is 0 Å². The first-order chi connectivity index (χ1) is 15.1. The first-order valence-corrected chi connectivity index (χ1v) is 10.7. The Morgan fingerprint density at radius 2 is 1.94 bits per heavy atom. The number of aliphatic hydroxyl groups is 1. The van der Waals surface area contributed by atoms with E-state index in [1.165, 1.54) is 25.1 Å². The lowest BCUT2D eigenvalue weighted by molar-refractivity contribution is -0.383. The van der Waals surface area contributed by atoms with Crippen molar-refractivity contribution in [1.82, 2.24) is 14.8 Å². The smallest absolute Gasteiger partial charge is 0.279 e. The minimum Gasteiger partial charge on any atom is -0.363 e. The van der Waals surface area contributed by atoms with E-state index in [4.69, 9.17) is 0 Å². The number of H-pyrrole nitrogens is 1. The van der Waals surface area contributed by atoms with Crippen LogP contribution in [0.3, 0.4) is 0 Å². The third kappa shape index (κ3) is 3.55. The number of nitrogens with one attached hydrogen (secondary N) is 1. The van der Waals surface area contributed by atoms with Crippen molar-refractivity contribution < 1.29 is 19.6 Å². The zero-order chi connectivity index (χ0) is 23.2. The van der Waals surface area contributed by atoms with E-state index < -0.39 is 28.5 Å². The van der Waals surface area contributed by atoms with Crippen LogP contribution in [0.2, 0.25) is 0 Å². The van der Waals surface area contributed by atoms with Crippen LogP contribution in [0, 0.1) is 10.1 Å². The van der Waals surface area contributed by atoms with Gasteiger partial charge in [-0.2, -0.15) is 0 Å². The number of hydrogen-bond acceptors (Lipinski definition) is 5. The maximum atomic E-state index is 13.3. The van der Waals surface area contributed by atoms with Crippen LogP contribution in [0.5, 0.6) is 0 Å². The minimum absolute atomic E-state index is 0.0663. The molecule has 2 N–H and O–H groups in total. The molecule has 1 aromatic heterocycles. The van der Waals surface area contributed by atoms with Gasteiger partial charge in [-0.05, 0) is 29.3 Å². The number of hydrogen-bond donors (Lipinski definition) is 2. The Labute approximate surface area is 191 Å². The van der Waals surface area contributed by atoms with Gasteiger partial charge in [-0.15, -0.1) is 0 Å². The van der Waals surface area contributed by atoms with Crippen molar-refractivity contribution in [1.29, 1.82) is 0 Å². The second-order valence-corrected chi connectivity index (χ2v) is 8.84. The number of likely N-dealkylation sites (N-methyl/N-ethyl adjacent to an activating group) is 2. The molecule has 2 atom stereocenters. The number of halogens is 1. The van der Waals surface area contributed by atoms with Crippen LogP contribution in [-0.4, -0.2) is 62.5 Å². The summed E-state index contributed by atoms with van der Waals surface area (Å²) >= 11 is 3.37. The molecule has 3 aromatic rings. The van der Waals surface area contributed by atoms with Gasteiger partial charge >= 0.3 is 0 Å². The SMILES string of the molecule is CN1C(=O)[C@](O)(Cc2cccc(Br)c2)N(C)C(=O)[C@@H]1Cc1c[nH]c2cccc([N+](=O)[O-])c12. The predicted molar refractivity (Wildman–Crippen MR) is 121 cm³/mol. The number of non-ortho nitro benzene ring substituents is 1. The van der Waals surface area contributed by atoms with Gasteiger partial charge in [0.15, 0.2) is 0 Å². The highest BCUT2D eigenvalue weighted by molar-refractivity contribution is 9.10. The van der Waals surface area contributed by atoms with Crippen LogP contribution in [-0.2, 0) is 22.4 Å². The molecule has 2 aromatic carbocycles. The van der Waals surface area contributed by atoms with E-state index in [-0.39, 0.29) is 18.5 Å². The number of fused-ring (bicyclic) bond motifs is 1. The summed E-state index contributed by atoms with van der Waals surface area (Å²) < 4.78 is 0.794. The van der Waals surface area contributed by atoms with E-state index >= 15 is 0 Å². The summed E-state index contributed by atoms with van der Waals surface area (Å²) in [4.78, 5) is 42.8. The molecule has 0 spiro atoms. The molecule has 1 saturated heterocycles. The summed E-state index contributed by atoms with van der Waals surface area (Å²) in [5.74, 6) is -1.06. The van der Waals surface area contributed by atoms with E-state index in [0.29, 0.717) is 22.0 Å². The van der Waals surface area contributed by atoms with Gasteiger partial charge in [0.05, 0.1) is 15.8 Å². The molecule has 9 nitrogen and oxygen atoms in total. The second kappa shape index (κ2) is 8.03. The van der Waals surface area contributed by atoms with Crippen molar-refractivity contribution in [3.05, 3.63) is 74.4 Å². The first kappa shape index (κ1) is 22.0. The van der Waals surface area contributed by atoms with Crippen molar-refractivity contribution in [2.24, 2.45) is 0 Å². The first-order valence-electron chi connectivity index (χ1n) is 9.88. The molecular weight excluding hydrogens is 480 g/mol. The largest absolute Gasteiger partial charge is 0.363 e. The minimum atomic E-state index is -2.03. The Morgan fingerprint density at radius 1 is 1.22 bits per heavy atom. The van der Waals surface area contributed by atoms with Crippen molar-refractivity contribution in [2.45, 2.75) is 24.6 Å². The lowest BCUT2D eigenvalue weighted by atomic mass is 9.92. The topological polar surface area (TPSA) is 120 Å². The van der Waals surface area contributed by atoms with Gasteiger partial charge in [0, 0.05) is 43.7 Å². The van der Waals surface area contributed by atoms with Gasteiger partial charge in [-0.25, -0.2) is 0 Å². The fourth-order valence-electron chi connectivity index (χ4n) is 4.25. The molecule has 4 rings (SSSR count). The van der Waals surface area contributed by atoms with Gasteiger partial charge in [0.1, 0.15) is 6.04 Å². The zero-order valence-electron chi connectivity index (χ0n) is 17.4. The summed E-state index contributed by atoms with van der Waals surface area (Å²) in [5.41, 5.74) is -0.290. The second-order valence-electron chi connectivity index (χ2n) is 7.93. The van der Waals surface area contributed by atoms with Crippen LogP contribution >= 0.6 is 15.9 Å². The highest BCUT2D eigenvalue weighted by Crippen LogP contribution is 2.33. The molecule has 32 heavy (non-hydrogen) atoms. The van der Waals surface area contributed by atoms with Crippen LogP contribution in [0.25, 0.3) is 10.9 Å². The number of nitrogens with zero attached hydrogens (tertiary/aromatic N) is 3. The number of aromatic amines is 1. The summed E-state index contributed by atoms with van der Waals surface area (Å²) in [6, 6.07) is 11.0. The average molecular weight is 501 g/mol. The number of rotatable bonds is 5. The number of nitro groups is 1. The van der Waals surface area contributed by atoms with Crippen molar-refractivity contribution in [3.8, 4) is 0 Å². The van der Waals surface area contributed by atoms with Gasteiger partial charge in [0.25, 0.3) is 11.6 Å². The lowest BCUT2D eigenvalue weighted by Crippen LogP contribution is -2.70. The molecule has 0 unspecified atom stereocenters. The summed E-state index contributed by atoms with van der Waals surface area (Å²) in [5, 5.41) is 23.1. The Hall–Kier alpha value is -3.24. The van der Waals surface area contributed by atoms with Crippen LogP contribution in [0.15, 0.2) is 53.1 Å². The predicted octanol–water partition coefficient (Wildman–Crippen LogP) is 2.61. The van der Waals surface area contributed by atoms with Crippen LogP contribution in [0.4, 0.5) is 5.69 Å². The molecule has 0 radical (unpaired) electrons. The van der Waals surface area contributed by atoms with E-state index in [2.05, 4.69) is 20.9 Å². The maximum absolute atomic E-state index is 13.3. The number of aromatic nitrogens is 1. The fraction of sp³-hybridized carbons (Fsp3) is 0.273. The molecule has 0 aliphatic carbocycles. The van der Waals surface area contributed by atoms with E-state index in [9.17, 15) is 24.8 Å². The number of piperazine rings is 1. The van der Waals surface area contributed by atoms with Gasteiger partial charge in [0.2, 0.25) is 11.6 Å². The van der Waals surface area contributed by atoms with Crippen molar-refractivity contribution >= 4 is 44.3 Å². The molecule has 2 heterocycles. The monoisotopic (exact) mass is 500 g/mol. The van der Waals surface area contributed by atoms with E-state index in [1.807, 2.05) is 6.07 Å². The molecule has 10 heteroatoms. The third-order valence-electron chi connectivity index (χ3n) is 6.02. The summed E-state index contributed by atoms with van der Waals surface area (Å²) in [6.07, 6.45) is 1.62. The zero-order valence-corrected chi connectivity index (χ0v) is 19.0. The van der Waals surface area contributed by atoms with Gasteiger partial charge in [-0.3, -0.25) is 19.7 Å². The molecule has 1 aliphatic rings. The number of nitro benzene ring substituents is 1. The Kier molecular flexibility index (Phi) is 5.51. The van der Waals surface area contributed by atoms with E-state index in [0.717, 1.165) is 9.37 Å². The van der Waals surface area contributed by atoms with E-state index in [1.54, 1.807) is 36.5 Å². The molecule has 166 valence electrons. The maximum Gasteiger partial charge on any atom is 0.279 e. The number of benzene rings is 2. The molecule has 1 aliphatic heterocycles. The summed E-state index contributed by atoms with van der Waals surface area (Å²) in [6.45, 7) is 0. The molecule has 2 amide bonds. The highest BCUT2D eigenvalue weighted by Gasteiger charge is 2.53. The van der Waals surface area contributed by atoms with Gasteiger partial charge in [-0.1, -0.05) is 34.1 Å². The number of carbonyl (C=O) groups excluding carboxylic acids is 2. The van der Waals surface area contributed by atoms with Crippen LogP contribution in [0.1, 0.15) is 11.1 Å². The molecular formula is C22H21BrN4O5. The Morgan fingerprint density at radius 3 is 2.62 bits per heavy atom. The molecule has 0 bridgehead atoms. The Bertz CT molecular complexity index is 1240. The molecule has 0 saturated carbocycles. The summed E-state index contributed by atoms with van der Waals surface area (Å²) in [7, 11) is 2.86.